The van der Waals surface area contributed by atoms with Crippen LogP contribution in [-0.2, 0) is 17.8 Å². The number of hydrogen-bond acceptors (Lipinski definition) is 3. The first-order chi connectivity index (χ1) is 10.1. The number of aryl methyl sites for hydroxylation is 1. The Labute approximate surface area is 121 Å². The smallest absolute Gasteiger partial charge is 0.224 e. The zero-order valence-corrected chi connectivity index (χ0v) is 11.3. The van der Waals surface area contributed by atoms with Crippen molar-refractivity contribution in [1.29, 1.82) is 0 Å². The molecule has 3 N–H and O–H groups in total. The highest BCUT2D eigenvalue weighted by Gasteiger charge is 2.17. The molecule has 0 bridgehead atoms. The van der Waals surface area contributed by atoms with E-state index in [9.17, 15) is 14.3 Å². The molecule has 4 nitrogen and oxygen atoms in total. The van der Waals surface area contributed by atoms with Gasteiger partial charge in [-0.1, -0.05) is 12.1 Å². The van der Waals surface area contributed by atoms with Gasteiger partial charge in [-0.15, -0.1) is 0 Å². The van der Waals surface area contributed by atoms with Gasteiger partial charge in [-0.05, 0) is 41.8 Å². The van der Waals surface area contributed by atoms with Gasteiger partial charge in [-0.25, -0.2) is 4.39 Å². The lowest BCUT2D eigenvalue weighted by Crippen LogP contribution is -2.19. The Balaban J connectivity index is 1.79. The summed E-state index contributed by atoms with van der Waals surface area (Å²) < 4.78 is 14.0. The van der Waals surface area contributed by atoms with Gasteiger partial charge in [0, 0.05) is 18.7 Å². The Morgan fingerprint density at radius 3 is 2.90 bits per heavy atom. The molecular formula is C16H15FN2O2. The fourth-order valence-corrected chi connectivity index (χ4v) is 2.40. The van der Waals surface area contributed by atoms with Crippen molar-refractivity contribution in [1.82, 2.24) is 0 Å². The molecule has 1 aliphatic heterocycles. The minimum absolute atomic E-state index is 0.0481. The van der Waals surface area contributed by atoms with Gasteiger partial charge in [0.15, 0.2) is 0 Å². The summed E-state index contributed by atoms with van der Waals surface area (Å²) >= 11 is 0. The van der Waals surface area contributed by atoms with Gasteiger partial charge in [0.2, 0.25) is 5.91 Å². The van der Waals surface area contributed by atoms with E-state index in [0.717, 1.165) is 11.1 Å². The summed E-state index contributed by atoms with van der Waals surface area (Å²) in [6.07, 6.45) is 0.952. The Morgan fingerprint density at radius 2 is 2.10 bits per heavy atom. The van der Waals surface area contributed by atoms with Gasteiger partial charge in [-0.2, -0.15) is 0 Å². The number of phenolic OH excluding ortho intramolecular Hbond substituents is 1. The van der Waals surface area contributed by atoms with Crippen molar-refractivity contribution in [3.63, 3.8) is 0 Å². The van der Waals surface area contributed by atoms with Crippen LogP contribution >= 0.6 is 0 Å². The number of aromatic hydroxyl groups is 1. The maximum atomic E-state index is 14.0. The summed E-state index contributed by atoms with van der Waals surface area (Å²) in [7, 11) is 0. The summed E-state index contributed by atoms with van der Waals surface area (Å²) in [5, 5.41) is 15.1. The first-order valence-corrected chi connectivity index (χ1v) is 6.76. The summed E-state index contributed by atoms with van der Waals surface area (Å²) in [6.45, 7) is 0.387. The first-order valence-electron chi connectivity index (χ1n) is 6.76. The van der Waals surface area contributed by atoms with Crippen molar-refractivity contribution >= 4 is 17.3 Å². The monoisotopic (exact) mass is 286 g/mol. The zero-order valence-electron chi connectivity index (χ0n) is 11.3. The summed E-state index contributed by atoms with van der Waals surface area (Å²) in [4.78, 5) is 11.4. The van der Waals surface area contributed by atoms with Crippen molar-refractivity contribution in [2.75, 3.05) is 10.6 Å². The number of carbonyl (C=O) groups is 1. The molecule has 0 atom stereocenters. The Hall–Kier alpha value is -2.56. The predicted molar refractivity (Wildman–Crippen MR) is 78.8 cm³/mol. The van der Waals surface area contributed by atoms with E-state index in [1.165, 1.54) is 6.07 Å². The largest absolute Gasteiger partial charge is 0.508 e. The lowest BCUT2D eigenvalue weighted by atomic mass is 10.0. The molecule has 0 fully saturated rings. The van der Waals surface area contributed by atoms with Crippen molar-refractivity contribution in [3.8, 4) is 5.75 Å². The minimum Gasteiger partial charge on any atom is -0.508 e. The number of anilines is 2. The van der Waals surface area contributed by atoms with E-state index < -0.39 is 0 Å². The third kappa shape index (κ3) is 2.97. The molecule has 0 saturated carbocycles. The number of halogens is 1. The first kappa shape index (κ1) is 13.4. The van der Waals surface area contributed by atoms with Crippen molar-refractivity contribution in [2.24, 2.45) is 0 Å². The van der Waals surface area contributed by atoms with E-state index in [1.54, 1.807) is 24.3 Å². The van der Waals surface area contributed by atoms with Crippen molar-refractivity contribution in [2.45, 2.75) is 19.4 Å². The molecule has 5 heteroatoms. The number of hydrogen-bond donors (Lipinski definition) is 3. The lowest BCUT2D eigenvalue weighted by molar-refractivity contribution is -0.116. The quantitative estimate of drug-likeness (QED) is 0.812. The number of amides is 1. The predicted octanol–water partition coefficient (Wildman–Crippen LogP) is 3.03. The molecule has 1 aliphatic rings. The average molecular weight is 286 g/mol. The maximum absolute atomic E-state index is 14.0. The van der Waals surface area contributed by atoms with Gasteiger partial charge in [0.25, 0.3) is 0 Å². The van der Waals surface area contributed by atoms with E-state index in [-0.39, 0.29) is 17.5 Å². The van der Waals surface area contributed by atoms with E-state index >= 15 is 0 Å². The SMILES string of the molecule is O=C1CCc2cc(F)c(NCc3cccc(O)c3)cc2N1. The van der Waals surface area contributed by atoms with Crippen LogP contribution < -0.4 is 10.6 Å². The molecule has 0 saturated heterocycles. The molecule has 0 unspecified atom stereocenters. The van der Waals surface area contributed by atoms with E-state index in [1.807, 2.05) is 6.07 Å². The molecule has 1 heterocycles. The number of carbonyl (C=O) groups excluding carboxylic acids is 1. The third-order valence-electron chi connectivity index (χ3n) is 3.48. The van der Waals surface area contributed by atoms with Crippen LogP contribution in [0.2, 0.25) is 0 Å². The van der Waals surface area contributed by atoms with E-state index in [4.69, 9.17) is 0 Å². The lowest BCUT2D eigenvalue weighted by Gasteiger charge is -2.19. The van der Waals surface area contributed by atoms with Gasteiger partial charge in [0.1, 0.15) is 11.6 Å². The highest BCUT2D eigenvalue weighted by molar-refractivity contribution is 5.94. The number of rotatable bonds is 3. The Bertz CT molecular complexity index is 701. The maximum Gasteiger partial charge on any atom is 0.224 e. The Kier molecular flexibility index (Phi) is 3.48. The number of phenols is 1. The molecule has 2 aromatic carbocycles. The number of benzene rings is 2. The van der Waals surface area contributed by atoms with Gasteiger partial charge in [0.05, 0.1) is 5.69 Å². The minimum atomic E-state index is -0.343. The van der Waals surface area contributed by atoms with Crippen LogP contribution in [0.5, 0.6) is 5.75 Å². The van der Waals surface area contributed by atoms with Gasteiger partial charge in [-0.3, -0.25) is 4.79 Å². The van der Waals surface area contributed by atoms with Crippen LogP contribution in [-0.4, -0.2) is 11.0 Å². The molecule has 0 radical (unpaired) electrons. The van der Waals surface area contributed by atoms with Crippen LogP contribution in [0.1, 0.15) is 17.5 Å². The number of fused-ring (bicyclic) bond motifs is 1. The second-order valence-electron chi connectivity index (χ2n) is 5.06. The van der Waals surface area contributed by atoms with Crippen molar-refractivity contribution < 1.29 is 14.3 Å². The molecule has 0 spiro atoms. The second kappa shape index (κ2) is 5.44. The fourth-order valence-electron chi connectivity index (χ4n) is 2.40. The third-order valence-corrected chi connectivity index (χ3v) is 3.48. The standard InChI is InChI=1S/C16H15FN2O2/c17-13-7-11-4-5-16(21)19-14(11)8-15(13)18-9-10-2-1-3-12(20)6-10/h1-3,6-8,18,20H,4-5,9H2,(H,19,21). The van der Waals surface area contributed by atoms with E-state index in [0.29, 0.717) is 30.8 Å². The Morgan fingerprint density at radius 1 is 1.24 bits per heavy atom. The molecule has 2 aromatic rings. The summed E-state index contributed by atoms with van der Waals surface area (Å²) in [5.74, 6) is -0.217. The fraction of sp³-hybridized carbons (Fsp3) is 0.188. The zero-order chi connectivity index (χ0) is 14.8. The van der Waals surface area contributed by atoms with Crippen LogP contribution in [0.15, 0.2) is 36.4 Å². The summed E-state index contributed by atoms with van der Waals surface area (Å²) in [6, 6.07) is 9.84. The molecule has 1 amide bonds. The topological polar surface area (TPSA) is 61.4 Å². The van der Waals surface area contributed by atoms with Gasteiger partial charge < -0.3 is 15.7 Å². The van der Waals surface area contributed by atoms with Crippen LogP contribution in [0.3, 0.4) is 0 Å². The van der Waals surface area contributed by atoms with Crippen LogP contribution in [0.25, 0.3) is 0 Å². The van der Waals surface area contributed by atoms with E-state index in [2.05, 4.69) is 10.6 Å². The van der Waals surface area contributed by atoms with Crippen LogP contribution in [0, 0.1) is 5.82 Å². The normalized spacial score (nSPS) is 13.5. The molecule has 108 valence electrons. The van der Waals surface area contributed by atoms with Gasteiger partial charge >= 0.3 is 0 Å². The highest BCUT2D eigenvalue weighted by Crippen LogP contribution is 2.29. The molecule has 0 aliphatic carbocycles. The molecule has 3 rings (SSSR count). The highest BCUT2D eigenvalue weighted by atomic mass is 19.1. The average Bonchev–Trinajstić information content (AvgIpc) is 2.45. The van der Waals surface area contributed by atoms with Crippen LogP contribution in [0.4, 0.5) is 15.8 Å². The molecule has 21 heavy (non-hydrogen) atoms. The number of nitrogens with one attached hydrogen (secondary N) is 2. The molecule has 0 aromatic heterocycles. The second-order valence-corrected chi connectivity index (χ2v) is 5.06. The summed E-state index contributed by atoms with van der Waals surface area (Å²) in [5.41, 5.74) is 2.65. The molecular weight excluding hydrogens is 271 g/mol. The van der Waals surface area contributed by atoms with Crippen molar-refractivity contribution in [3.05, 3.63) is 53.3 Å².